The predicted molar refractivity (Wildman–Crippen MR) is 126 cm³/mol. The van der Waals surface area contributed by atoms with Gasteiger partial charge in [0.2, 0.25) is 0 Å². The number of fused-ring (bicyclic) bond motifs is 1. The molecule has 0 saturated carbocycles. The van der Waals surface area contributed by atoms with Gasteiger partial charge in [0.15, 0.2) is 0 Å². The quantitative estimate of drug-likeness (QED) is 0.612. The second kappa shape index (κ2) is 8.86. The normalized spacial score (nSPS) is 16.1. The zero-order valence-corrected chi connectivity index (χ0v) is 18.6. The lowest BCUT2D eigenvalue weighted by molar-refractivity contribution is 0.0293. The maximum atomic E-state index is 12.9. The molecule has 0 spiro atoms. The van der Waals surface area contributed by atoms with Crippen molar-refractivity contribution in [1.29, 1.82) is 0 Å². The molecule has 2 heterocycles. The number of para-hydroxylation sites is 1. The molecule has 1 fully saturated rings. The third-order valence-electron chi connectivity index (χ3n) is 5.25. The Bertz CT molecular complexity index is 1120. The minimum Gasteiger partial charge on any atom is -0.444 e. The fourth-order valence-electron chi connectivity index (χ4n) is 3.79. The summed E-state index contributed by atoms with van der Waals surface area (Å²) in [6.07, 6.45) is 2.21. The summed E-state index contributed by atoms with van der Waals surface area (Å²) in [6.45, 7) is 6.80. The fourth-order valence-corrected chi connectivity index (χ4v) is 3.79. The third kappa shape index (κ3) is 4.99. The Morgan fingerprint density at radius 2 is 1.84 bits per heavy atom. The number of nitrogens with zero attached hydrogens (tertiary/aromatic N) is 2. The second-order valence-electron chi connectivity index (χ2n) is 8.94. The number of pyridine rings is 1. The second-order valence-corrected chi connectivity index (χ2v) is 8.94. The molecule has 166 valence electrons. The Morgan fingerprint density at radius 3 is 2.59 bits per heavy atom. The van der Waals surface area contributed by atoms with E-state index in [-0.39, 0.29) is 18.0 Å². The van der Waals surface area contributed by atoms with E-state index in [9.17, 15) is 9.59 Å². The van der Waals surface area contributed by atoms with Gasteiger partial charge in [0, 0.05) is 42.1 Å². The zero-order chi connectivity index (χ0) is 22.7. The number of benzene rings is 2. The number of carbonyl (C=O) groups is 2. The fraction of sp³-hybridized carbons (Fsp3) is 0.320. The molecule has 1 atom stereocenters. The van der Waals surface area contributed by atoms with Gasteiger partial charge in [-0.2, -0.15) is 0 Å². The van der Waals surface area contributed by atoms with Crippen molar-refractivity contribution >= 4 is 34.3 Å². The Labute approximate surface area is 187 Å². The first kappa shape index (κ1) is 21.6. The van der Waals surface area contributed by atoms with Gasteiger partial charge in [-0.15, -0.1) is 0 Å². The molecule has 1 unspecified atom stereocenters. The number of ether oxygens (including phenoxy) is 1. The first-order chi connectivity index (χ1) is 15.3. The standard InChI is InChI=1S/C25H28N4O3/c1-25(2,3)32-24(31)29-15-13-18(16-29)27-21-12-11-20(22-19(21)10-7-14-26-22)23(30)28-17-8-5-4-6-9-17/h4-12,14,18,27H,13,15-16H2,1-3H3,(H,28,30). The number of likely N-dealkylation sites (tertiary alicyclic amines) is 1. The molecule has 2 N–H and O–H groups in total. The lowest BCUT2D eigenvalue weighted by atomic mass is 10.1. The highest BCUT2D eigenvalue weighted by molar-refractivity contribution is 6.13. The smallest absolute Gasteiger partial charge is 0.410 e. The van der Waals surface area contributed by atoms with E-state index in [4.69, 9.17) is 4.74 Å². The van der Waals surface area contributed by atoms with Crippen molar-refractivity contribution in [2.45, 2.75) is 38.8 Å². The molecule has 1 saturated heterocycles. The molecule has 0 radical (unpaired) electrons. The molecule has 2 amide bonds. The van der Waals surface area contributed by atoms with Crippen LogP contribution in [0.15, 0.2) is 60.8 Å². The topological polar surface area (TPSA) is 83.6 Å². The summed E-state index contributed by atoms with van der Waals surface area (Å²) >= 11 is 0. The van der Waals surface area contributed by atoms with E-state index in [0.29, 0.717) is 24.2 Å². The average molecular weight is 433 g/mol. The summed E-state index contributed by atoms with van der Waals surface area (Å²) in [5.74, 6) is -0.205. The van der Waals surface area contributed by atoms with Crippen molar-refractivity contribution in [3.05, 3.63) is 66.4 Å². The molecule has 1 aromatic heterocycles. The Balaban J connectivity index is 1.51. The summed E-state index contributed by atoms with van der Waals surface area (Å²) in [5.41, 5.74) is 2.25. The highest BCUT2D eigenvalue weighted by atomic mass is 16.6. The SMILES string of the molecule is CC(C)(C)OC(=O)N1CCC(Nc2ccc(C(=O)Nc3ccccc3)c3ncccc23)C1. The van der Waals surface area contributed by atoms with Crippen LogP contribution < -0.4 is 10.6 Å². The summed E-state index contributed by atoms with van der Waals surface area (Å²) in [4.78, 5) is 31.5. The van der Waals surface area contributed by atoms with E-state index >= 15 is 0 Å². The molecule has 32 heavy (non-hydrogen) atoms. The molecule has 1 aliphatic rings. The van der Waals surface area contributed by atoms with Gasteiger partial charge in [-0.3, -0.25) is 9.78 Å². The molecule has 2 aromatic carbocycles. The molecule has 0 aliphatic carbocycles. The van der Waals surface area contributed by atoms with Crippen LogP contribution in [0.2, 0.25) is 0 Å². The lowest BCUT2D eigenvalue weighted by Gasteiger charge is -2.24. The number of amides is 2. The highest BCUT2D eigenvalue weighted by Gasteiger charge is 2.30. The number of rotatable bonds is 4. The van der Waals surface area contributed by atoms with Crippen molar-refractivity contribution in [3.8, 4) is 0 Å². The summed E-state index contributed by atoms with van der Waals surface area (Å²) in [6, 6.07) is 16.9. The van der Waals surface area contributed by atoms with Crippen molar-refractivity contribution in [2.24, 2.45) is 0 Å². The molecule has 7 nitrogen and oxygen atoms in total. The van der Waals surface area contributed by atoms with Gasteiger partial charge in [-0.1, -0.05) is 18.2 Å². The van der Waals surface area contributed by atoms with Crippen molar-refractivity contribution < 1.29 is 14.3 Å². The van der Waals surface area contributed by atoms with Crippen LogP contribution in [0, 0.1) is 0 Å². The average Bonchev–Trinajstić information content (AvgIpc) is 3.22. The van der Waals surface area contributed by atoms with Crippen LogP contribution in [0.3, 0.4) is 0 Å². The minimum absolute atomic E-state index is 0.0925. The van der Waals surface area contributed by atoms with Crippen molar-refractivity contribution in [3.63, 3.8) is 0 Å². The van der Waals surface area contributed by atoms with Crippen molar-refractivity contribution in [2.75, 3.05) is 23.7 Å². The summed E-state index contributed by atoms with van der Waals surface area (Å²) in [5, 5.41) is 7.31. The number of hydrogen-bond donors (Lipinski definition) is 2. The van der Waals surface area contributed by atoms with Gasteiger partial charge in [0.1, 0.15) is 5.60 Å². The Morgan fingerprint density at radius 1 is 1.06 bits per heavy atom. The Hall–Kier alpha value is -3.61. The van der Waals surface area contributed by atoms with Crippen LogP contribution in [-0.2, 0) is 4.74 Å². The third-order valence-corrected chi connectivity index (χ3v) is 5.25. The van der Waals surface area contributed by atoms with Gasteiger partial charge in [0.05, 0.1) is 11.1 Å². The Kier molecular flexibility index (Phi) is 5.99. The lowest BCUT2D eigenvalue weighted by Crippen LogP contribution is -2.36. The monoisotopic (exact) mass is 432 g/mol. The number of hydrogen-bond acceptors (Lipinski definition) is 5. The number of anilines is 2. The van der Waals surface area contributed by atoms with Gasteiger partial charge in [-0.05, 0) is 63.6 Å². The van der Waals surface area contributed by atoms with E-state index in [0.717, 1.165) is 23.2 Å². The van der Waals surface area contributed by atoms with Gasteiger partial charge in [0.25, 0.3) is 5.91 Å². The van der Waals surface area contributed by atoms with Crippen LogP contribution in [0.1, 0.15) is 37.6 Å². The van der Waals surface area contributed by atoms with Crippen molar-refractivity contribution in [1.82, 2.24) is 9.88 Å². The summed E-state index contributed by atoms with van der Waals surface area (Å²) in [7, 11) is 0. The van der Waals surface area contributed by atoms with Gasteiger partial charge in [-0.25, -0.2) is 4.79 Å². The van der Waals surface area contributed by atoms with Crippen LogP contribution in [-0.4, -0.2) is 46.6 Å². The molecular weight excluding hydrogens is 404 g/mol. The van der Waals surface area contributed by atoms with E-state index in [1.807, 2.05) is 69.3 Å². The molecule has 4 rings (SSSR count). The largest absolute Gasteiger partial charge is 0.444 e. The van der Waals surface area contributed by atoms with E-state index in [1.54, 1.807) is 17.2 Å². The maximum absolute atomic E-state index is 12.9. The highest BCUT2D eigenvalue weighted by Crippen LogP contribution is 2.28. The van der Waals surface area contributed by atoms with Crippen LogP contribution in [0.4, 0.5) is 16.2 Å². The summed E-state index contributed by atoms with van der Waals surface area (Å²) < 4.78 is 5.49. The van der Waals surface area contributed by atoms with Crippen LogP contribution in [0.25, 0.3) is 10.9 Å². The molecule has 1 aliphatic heterocycles. The molecule has 7 heteroatoms. The first-order valence-corrected chi connectivity index (χ1v) is 10.8. The van der Waals surface area contributed by atoms with E-state index in [2.05, 4.69) is 15.6 Å². The number of aromatic nitrogens is 1. The molecule has 0 bridgehead atoms. The maximum Gasteiger partial charge on any atom is 0.410 e. The van der Waals surface area contributed by atoms with Gasteiger partial charge >= 0.3 is 6.09 Å². The minimum atomic E-state index is -0.513. The number of carbonyl (C=O) groups excluding carboxylic acids is 2. The van der Waals surface area contributed by atoms with Gasteiger partial charge < -0.3 is 20.3 Å². The first-order valence-electron chi connectivity index (χ1n) is 10.8. The van der Waals surface area contributed by atoms with Crippen LogP contribution in [0.5, 0.6) is 0 Å². The zero-order valence-electron chi connectivity index (χ0n) is 18.6. The number of nitrogens with one attached hydrogen (secondary N) is 2. The van der Waals surface area contributed by atoms with Crippen LogP contribution >= 0.6 is 0 Å². The predicted octanol–water partition coefficient (Wildman–Crippen LogP) is 4.91. The molecule has 3 aromatic rings. The molecular formula is C25H28N4O3. The van der Waals surface area contributed by atoms with E-state index in [1.165, 1.54) is 0 Å². The van der Waals surface area contributed by atoms with E-state index < -0.39 is 5.60 Å².